The van der Waals surface area contributed by atoms with E-state index in [0.717, 1.165) is 48.8 Å². The third kappa shape index (κ3) is 3.10. The lowest BCUT2D eigenvalue weighted by atomic mass is 10.1. The minimum Gasteiger partial charge on any atom is -0.361 e. The van der Waals surface area contributed by atoms with Crippen LogP contribution < -0.4 is 5.32 Å². The molecule has 1 amide bonds. The lowest BCUT2D eigenvalue weighted by Crippen LogP contribution is -2.38. The Hall–Kier alpha value is -1.81. The van der Waals surface area contributed by atoms with Gasteiger partial charge in [-0.05, 0) is 44.0 Å². The van der Waals surface area contributed by atoms with Gasteiger partial charge in [-0.2, -0.15) is 0 Å². The van der Waals surface area contributed by atoms with Crippen LogP contribution in [0, 0.1) is 0 Å². The Balaban J connectivity index is 1.70. The van der Waals surface area contributed by atoms with Crippen molar-refractivity contribution in [3.05, 3.63) is 36.0 Å². The summed E-state index contributed by atoms with van der Waals surface area (Å²) in [7, 11) is 1.95. The van der Waals surface area contributed by atoms with Crippen molar-refractivity contribution in [3.63, 3.8) is 0 Å². The molecule has 4 nitrogen and oxygen atoms in total. The molecule has 112 valence electrons. The molecule has 0 saturated carbocycles. The van der Waals surface area contributed by atoms with E-state index in [2.05, 4.69) is 16.4 Å². The number of carbonyl (C=O) groups excluding carboxylic acids is 1. The van der Waals surface area contributed by atoms with Crippen LogP contribution in [0.3, 0.4) is 0 Å². The first-order chi connectivity index (χ1) is 10.3. The van der Waals surface area contributed by atoms with E-state index < -0.39 is 0 Å². The van der Waals surface area contributed by atoms with Crippen LogP contribution in [0.15, 0.2) is 30.5 Å². The van der Waals surface area contributed by atoms with Crippen molar-refractivity contribution in [2.75, 3.05) is 20.1 Å². The van der Waals surface area contributed by atoms with Gasteiger partial charge in [0.25, 0.3) is 0 Å². The molecule has 1 fully saturated rings. The zero-order chi connectivity index (χ0) is 14.7. The zero-order valence-electron chi connectivity index (χ0n) is 12.6. The van der Waals surface area contributed by atoms with Gasteiger partial charge in [0.05, 0.1) is 6.42 Å². The van der Waals surface area contributed by atoms with Crippen molar-refractivity contribution in [3.8, 4) is 0 Å². The van der Waals surface area contributed by atoms with Crippen LogP contribution in [-0.2, 0) is 11.2 Å². The van der Waals surface area contributed by atoms with Crippen molar-refractivity contribution < 1.29 is 4.79 Å². The average Bonchev–Trinajstić information content (AvgIpc) is 2.74. The number of hydrogen-bond donors (Lipinski definition) is 2. The highest BCUT2D eigenvalue weighted by Crippen LogP contribution is 2.20. The van der Waals surface area contributed by atoms with Crippen LogP contribution in [0.4, 0.5) is 0 Å². The maximum absolute atomic E-state index is 12.6. The molecule has 2 N–H and O–H groups in total. The molecule has 2 aromatic rings. The molecule has 0 bridgehead atoms. The second-order valence-electron chi connectivity index (χ2n) is 5.88. The van der Waals surface area contributed by atoms with Gasteiger partial charge in [0.2, 0.25) is 5.91 Å². The first kappa shape index (κ1) is 14.1. The Morgan fingerprint density at radius 3 is 3.05 bits per heavy atom. The van der Waals surface area contributed by atoms with E-state index in [1.54, 1.807) is 0 Å². The van der Waals surface area contributed by atoms with E-state index in [1.807, 2.05) is 36.3 Å². The molecule has 1 aromatic carbocycles. The number of carbonyl (C=O) groups is 1. The average molecular weight is 285 g/mol. The number of para-hydroxylation sites is 1. The van der Waals surface area contributed by atoms with Gasteiger partial charge in [-0.3, -0.25) is 4.79 Å². The largest absolute Gasteiger partial charge is 0.361 e. The van der Waals surface area contributed by atoms with E-state index in [4.69, 9.17) is 0 Å². The van der Waals surface area contributed by atoms with Crippen molar-refractivity contribution in [2.45, 2.75) is 31.7 Å². The highest BCUT2D eigenvalue weighted by molar-refractivity contribution is 5.88. The monoisotopic (exact) mass is 285 g/mol. The smallest absolute Gasteiger partial charge is 0.227 e. The number of fused-ring (bicyclic) bond motifs is 1. The maximum Gasteiger partial charge on any atom is 0.227 e. The van der Waals surface area contributed by atoms with Crippen molar-refractivity contribution in [1.29, 1.82) is 0 Å². The highest BCUT2D eigenvalue weighted by Gasteiger charge is 2.21. The summed E-state index contributed by atoms with van der Waals surface area (Å²) in [6, 6.07) is 8.52. The van der Waals surface area contributed by atoms with Crippen molar-refractivity contribution in [2.24, 2.45) is 0 Å². The Bertz CT molecular complexity index is 611. The molecule has 3 rings (SSSR count). The molecule has 1 aromatic heterocycles. The number of rotatable bonds is 3. The third-order valence-corrected chi connectivity index (χ3v) is 4.50. The summed E-state index contributed by atoms with van der Waals surface area (Å²) in [6.07, 6.45) is 5.74. The summed E-state index contributed by atoms with van der Waals surface area (Å²) in [5, 5.41) is 4.55. The number of nitrogens with zero attached hydrogens (tertiary/aromatic N) is 1. The Kier molecular flexibility index (Phi) is 4.25. The lowest BCUT2D eigenvalue weighted by molar-refractivity contribution is -0.131. The Morgan fingerprint density at radius 1 is 1.29 bits per heavy atom. The van der Waals surface area contributed by atoms with Crippen molar-refractivity contribution >= 4 is 16.8 Å². The van der Waals surface area contributed by atoms with Crippen LogP contribution >= 0.6 is 0 Å². The number of nitrogens with one attached hydrogen (secondary N) is 2. The van der Waals surface area contributed by atoms with Gasteiger partial charge in [-0.1, -0.05) is 18.2 Å². The summed E-state index contributed by atoms with van der Waals surface area (Å²) in [4.78, 5) is 17.8. The number of aromatic amines is 1. The zero-order valence-corrected chi connectivity index (χ0v) is 12.6. The molecule has 2 heterocycles. The standard InChI is InChI=1S/C17H23N3O/c1-20(14-5-4-9-18-10-8-14)17(21)11-13-12-19-16-7-3-2-6-15(13)16/h2-3,6-7,12,14,18-19H,4-5,8-11H2,1H3. The molecule has 1 unspecified atom stereocenters. The van der Waals surface area contributed by atoms with Gasteiger partial charge in [0.1, 0.15) is 0 Å². The van der Waals surface area contributed by atoms with Gasteiger partial charge >= 0.3 is 0 Å². The summed E-state index contributed by atoms with van der Waals surface area (Å²) < 4.78 is 0. The fraction of sp³-hybridized carbons (Fsp3) is 0.471. The molecular formula is C17H23N3O. The number of amides is 1. The van der Waals surface area contributed by atoms with E-state index in [-0.39, 0.29) is 5.91 Å². The second kappa shape index (κ2) is 6.31. The second-order valence-corrected chi connectivity index (χ2v) is 5.88. The minimum atomic E-state index is 0.214. The van der Waals surface area contributed by atoms with E-state index in [1.165, 1.54) is 0 Å². The first-order valence-electron chi connectivity index (χ1n) is 7.77. The number of benzene rings is 1. The van der Waals surface area contributed by atoms with Gasteiger partial charge in [0, 0.05) is 30.2 Å². The SMILES string of the molecule is CN(C(=O)Cc1c[nH]c2ccccc12)C1CCCNCC1. The molecule has 1 atom stereocenters. The van der Waals surface area contributed by atoms with Crippen LogP contribution in [0.5, 0.6) is 0 Å². The van der Waals surface area contributed by atoms with E-state index in [0.29, 0.717) is 12.5 Å². The van der Waals surface area contributed by atoms with Gasteiger partial charge in [-0.15, -0.1) is 0 Å². The Labute approximate surface area is 125 Å². The summed E-state index contributed by atoms with van der Waals surface area (Å²) in [6.45, 7) is 2.08. The predicted octanol–water partition coefficient (Wildman–Crippen LogP) is 2.31. The quantitative estimate of drug-likeness (QED) is 0.909. The van der Waals surface area contributed by atoms with Gasteiger partial charge < -0.3 is 15.2 Å². The predicted molar refractivity (Wildman–Crippen MR) is 85.3 cm³/mol. The molecule has 1 saturated heterocycles. The Morgan fingerprint density at radius 2 is 2.14 bits per heavy atom. The van der Waals surface area contributed by atoms with E-state index in [9.17, 15) is 4.79 Å². The number of H-pyrrole nitrogens is 1. The van der Waals surface area contributed by atoms with Crippen LogP contribution in [0.25, 0.3) is 10.9 Å². The third-order valence-electron chi connectivity index (χ3n) is 4.50. The molecule has 0 radical (unpaired) electrons. The highest BCUT2D eigenvalue weighted by atomic mass is 16.2. The fourth-order valence-corrected chi connectivity index (χ4v) is 3.16. The summed E-state index contributed by atoms with van der Waals surface area (Å²) >= 11 is 0. The van der Waals surface area contributed by atoms with Crippen LogP contribution in [0.1, 0.15) is 24.8 Å². The van der Waals surface area contributed by atoms with Crippen molar-refractivity contribution in [1.82, 2.24) is 15.2 Å². The molecular weight excluding hydrogens is 262 g/mol. The molecule has 1 aliphatic heterocycles. The fourth-order valence-electron chi connectivity index (χ4n) is 3.16. The minimum absolute atomic E-state index is 0.214. The molecule has 1 aliphatic rings. The molecule has 0 spiro atoms. The number of aromatic nitrogens is 1. The molecule has 0 aliphatic carbocycles. The summed E-state index contributed by atoms with van der Waals surface area (Å²) in [5.74, 6) is 0.214. The van der Waals surface area contributed by atoms with Crippen LogP contribution in [-0.4, -0.2) is 42.0 Å². The van der Waals surface area contributed by atoms with Gasteiger partial charge in [0.15, 0.2) is 0 Å². The van der Waals surface area contributed by atoms with Crippen LogP contribution in [0.2, 0.25) is 0 Å². The van der Waals surface area contributed by atoms with Gasteiger partial charge in [-0.25, -0.2) is 0 Å². The molecule has 21 heavy (non-hydrogen) atoms. The normalized spacial score (nSPS) is 19.4. The topological polar surface area (TPSA) is 48.1 Å². The molecule has 4 heteroatoms. The van der Waals surface area contributed by atoms with E-state index >= 15 is 0 Å². The number of likely N-dealkylation sites (N-methyl/N-ethyl adjacent to an activating group) is 1. The number of hydrogen-bond acceptors (Lipinski definition) is 2. The lowest BCUT2D eigenvalue weighted by Gasteiger charge is -2.27. The summed E-state index contributed by atoms with van der Waals surface area (Å²) in [5.41, 5.74) is 2.19. The maximum atomic E-state index is 12.6. The first-order valence-corrected chi connectivity index (χ1v) is 7.77.